The predicted molar refractivity (Wildman–Crippen MR) is 112 cm³/mol. The number of anilines is 1. The van der Waals surface area contributed by atoms with E-state index in [2.05, 4.69) is 16.7 Å². The molecule has 0 bridgehead atoms. The van der Waals surface area contributed by atoms with Crippen molar-refractivity contribution < 1.29 is 14.3 Å². The Morgan fingerprint density at radius 1 is 1.07 bits per heavy atom. The van der Waals surface area contributed by atoms with E-state index in [1.807, 2.05) is 17.9 Å². The second kappa shape index (κ2) is 7.75. The van der Waals surface area contributed by atoms with E-state index in [1.165, 1.54) is 0 Å². The van der Waals surface area contributed by atoms with E-state index >= 15 is 0 Å². The summed E-state index contributed by atoms with van der Waals surface area (Å²) in [7, 11) is 0. The second-order valence-corrected chi connectivity index (χ2v) is 7.99. The summed E-state index contributed by atoms with van der Waals surface area (Å²) >= 11 is 0. The molecule has 0 saturated carbocycles. The first-order valence-corrected chi connectivity index (χ1v) is 10.6. The number of fused-ring (bicyclic) bond motifs is 2. The molecule has 1 fully saturated rings. The molecule has 2 aromatic rings. The molecule has 1 aromatic carbocycles. The van der Waals surface area contributed by atoms with Crippen molar-refractivity contribution in [3.8, 4) is 11.5 Å². The van der Waals surface area contributed by atoms with Crippen LogP contribution in [0.2, 0.25) is 0 Å². The van der Waals surface area contributed by atoms with Crippen molar-refractivity contribution in [3.05, 3.63) is 40.8 Å². The van der Waals surface area contributed by atoms with Crippen LogP contribution in [0.1, 0.15) is 34.4 Å². The lowest BCUT2D eigenvalue weighted by molar-refractivity contribution is 0.0733. The Balaban J connectivity index is 1.40. The van der Waals surface area contributed by atoms with Crippen LogP contribution in [0.4, 0.5) is 5.82 Å². The molecule has 1 aromatic heterocycles. The standard InChI is InChI=1S/C22H27N5O3/c1-3-25-8-10-26(11-9-25)21-17-13-27(7-6-18(17)23-15(2)24-21)22(28)16-4-5-19-20(12-16)30-14-29-19/h4-5,12H,3,6-11,13-14H2,1-2H3. The molecule has 1 saturated heterocycles. The summed E-state index contributed by atoms with van der Waals surface area (Å²) in [5.41, 5.74) is 2.78. The van der Waals surface area contributed by atoms with Gasteiger partial charge >= 0.3 is 0 Å². The maximum Gasteiger partial charge on any atom is 0.254 e. The Labute approximate surface area is 176 Å². The first kappa shape index (κ1) is 19.1. The van der Waals surface area contributed by atoms with Crippen molar-refractivity contribution in [1.82, 2.24) is 19.8 Å². The van der Waals surface area contributed by atoms with Crippen LogP contribution in [0.3, 0.4) is 0 Å². The van der Waals surface area contributed by atoms with E-state index < -0.39 is 0 Å². The summed E-state index contributed by atoms with van der Waals surface area (Å²) in [6.45, 7) is 10.6. The number of piperazine rings is 1. The fourth-order valence-electron chi connectivity index (χ4n) is 4.44. The van der Waals surface area contributed by atoms with Gasteiger partial charge < -0.3 is 24.2 Å². The number of rotatable bonds is 3. The number of amides is 1. The van der Waals surface area contributed by atoms with Crippen LogP contribution < -0.4 is 14.4 Å². The topological polar surface area (TPSA) is 71.0 Å². The number of aryl methyl sites for hydroxylation is 1. The molecule has 30 heavy (non-hydrogen) atoms. The van der Waals surface area contributed by atoms with Crippen molar-refractivity contribution in [3.63, 3.8) is 0 Å². The molecule has 8 heteroatoms. The van der Waals surface area contributed by atoms with Crippen LogP contribution in [0.5, 0.6) is 11.5 Å². The zero-order valence-electron chi connectivity index (χ0n) is 17.6. The highest BCUT2D eigenvalue weighted by Crippen LogP contribution is 2.34. The van der Waals surface area contributed by atoms with Crippen LogP contribution in [-0.2, 0) is 13.0 Å². The third-order valence-electron chi connectivity index (χ3n) is 6.18. The summed E-state index contributed by atoms with van der Waals surface area (Å²) in [6.07, 6.45) is 0.747. The molecule has 5 rings (SSSR count). The Bertz CT molecular complexity index is 971. The maximum absolute atomic E-state index is 13.2. The minimum Gasteiger partial charge on any atom is -0.454 e. The lowest BCUT2D eigenvalue weighted by Crippen LogP contribution is -2.47. The van der Waals surface area contributed by atoms with Gasteiger partial charge in [-0.1, -0.05) is 6.92 Å². The molecular formula is C22H27N5O3. The number of likely N-dealkylation sites (N-methyl/N-ethyl adjacent to an activating group) is 1. The Hall–Kier alpha value is -2.87. The number of hydrogen-bond acceptors (Lipinski definition) is 7. The maximum atomic E-state index is 13.2. The van der Waals surface area contributed by atoms with Crippen LogP contribution in [-0.4, -0.2) is 71.7 Å². The molecule has 0 radical (unpaired) electrons. The lowest BCUT2D eigenvalue weighted by atomic mass is 10.0. The van der Waals surface area contributed by atoms with Gasteiger partial charge in [0.2, 0.25) is 6.79 Å². The monoisotopic (exact) mass is 409 g/mol. The van der Waals surface area contributed by atoms with Crippen molar-refractivity contribution in [2.75, 3.05) is 51.0 Å². The molecular weight excluding hydrogens is 382 g/mol. The molecule has 0 spiro atoms. The smallest absolute Gasteiger partial charge is 0.254 e. The first-order chi connectivity index (χ1) is 14.6. The van der Waals surface area contributed by atoms with Gasteiger partial charge in [0.1, 0.15) is 11.6 Å². The van der Waals surface area contributed by atoms with Gasteiger partial charge in [0.25, 0.3) is 5.91 Å². The summed E-state index contributed by atoms with van der Waals surface area (Å²) < 4.78 is 10.8. The van der Waals surface area contributed by atoms with Gasteiger partial charge in [-0.05, 0) is 31.7 Å². The third-order valence-corrected chi connectivity index (χ3v) is 6.18. The molecule has 0 unspecified atom stereocenters. The van der Waals surface area contributed by atoms with E-state index in [0.29, 0.717) is 30.2 Å². The molecule has 1 amide bonds. The van der Waals surface area contributed by atoms with Crippen LogP contribution >= 0.6 is 0 Å². The van der Waals surface area contributed by atoms with E-state index in [-0.39, 0.29) is 12.7 Å². The van der Waals surface area contributed by atoms with Gasteiger partial charge in [-0.3, -0.25) is 4.79 Å². The summed E-state index contributed by atoms with van der Waals surface area (Å²) in [5.74, 6) is 3.12. The number of hydrogen-bond donors (Lipinski definition) is 0. The zero-order valence-corrected chi connectivity index (χ0v) is 17.6. The highest BCUT2D eigenvalue weighted by Gasteiger charge is 2.29. The number of carbonyl (C=O) groups excluding carboxylic acids is 1. The quantitative estimate of drug-likeness (QED) is 0.766. The lowest BCUT2D eigenvalue weighted by Gasteiger charge is -2.37. The van der Waals surface area contributed by atoms with Crippen LogP contribution in [0.15, 0.2) is 18.2 Å². The largest absolute Gasteiger partial charge is 0.454 e. The van der Waals surface area contributed by atoms with E-state index in [1.54, 1.807) is 12.1 Å². The van der Waals surface area contributed by atoms with Crippen LogP contribution in [0.25, 0.3) is 0 Å². The van der Waals surface area contributed by atoms with Crippen molar-refractivity contribution in [2.24, 2.45) is 0 Å². The number of aromatic nitrogens is 2. The minimum absolute atomic E-state index is 0.00118. The predicted octanol–water partition coefficient (Wildman–Crippen LogP) is 1.85. The van der Waals surface area contributed by atoms with Gasteiger partial charge in [-0.2, -0.15) is 0 Å². The Morgan fingerprint density at radius 3 is 2.67 bits per heavy atom. The average molecular weight is 409 g/mol. The second-order valence-electron chi connectivity index (χ2n) is 7.99. The van der Waals surface area contributed by atoms with Crippen molar-refractivity contribution in [1.29, 1.82) is 0 Å². The minimum atomic E-state index is 0.00118. The fourth-order valence-corrected chi connectivity index (χ4v) is 4.44. The highest BCUT2D eigenvalue weighted by molar-refractivity contribution is 5.95. The van der Waals surface area contributed by atoms with Gasteiger partial charge in [0.05, 0.1) is 12.2 Å². The van der Waals surface area contributed by atoms with Crippen molar-refractivity contribution in [2.45, 2.75) is 26.8 Å². The Morgan fingerprint density at radius 2 is 1.87 bits per heavy atom. The van der Waals surface area contributed by atoms with Crippen molar-refractivity contribution >= 4 is 11.7 Å². The average Bonchev–Trinajstić information content (AvgIpc) is 3.26. The first-order valence-electron chi connectivity index (χ1n) is 10.6. The zero-order chi connectivity index (χ0) is 20.7. The number of ether oxygens (including phenoxy) is 2. The number of nitrogens with zero attached hydrogens (tertiary/aromatic N) is 5. The number of carbonyl (C=O) groups is 1. The number of benzene rings is 1. The molecule has 0 N–H and O–H groups in total. The molecule has 0 atom stereocenters. The molecule has 4 heterocycles. The Kier molecular flexibility index (Phi) is 4.94. The molecule has 3 aliphatic rings. The molecule has 3 aliphatic heterocycles. The summed E-state index contributed by atoms with van der Waals surface area (Å²) in [5, 5.41) is 0. The van der Waals surface area contributed by atoms with E-state index in [9.17, 15) is 4.79 Å². The molecule has 8 nitrogen and oxygen atoms in total. The summed E-state index contributed by atoms with van der Waals surface area (Å²) in [4.78, 5) is 29.4. The fraction of sp³-hybridized carbons (Fsp3) is 0.500. The highest BCUT2D eigenvalue weighted by atomic mass is 16.7. The summed E-state index contributed by atoms with van der Waals surface area (Å²) in [6, 6.07) is 5.39. The van der Waals surface area contributed by atoms with E-state index in [0.717, 1.165) is 62.0 Å². The van der Waals surface area contributed by atoms with Crippen LogP contribution in [0, 0.1) is 6.92 Å². The third kappa shape index (κ3) is 3.45. The van der Waals surface area contributed by atoms with Gasteiger partial charge in [0, 0.05) is 50.3 Å². The van der Waals surface area contributed by atoms with Gasteiger partial charge in [0.15, 0.2) is 11.5 Å². The normalized spacial score (nSPS) is 18.5. The SMILES string of the molecule is CCN1CCN(c2nc(C)nc3c2CN(C(=O)c2ccc4c(c2)OCO4)CC3)CC1. The molecule has 0 aliphatic carbocycles. The molecule has 158 valence electrons. The van der Waals surface area contributed by atoms with Gasteiger partial charge in [-0.15, -0.1) is 0 Å². The van der Waals surface area contributed by atoms with E-state index in [4.69, 9.17) is 19.4 Å². The van der Waals surface area contributed by atoms with Gasteiger partial charge in [-0.25, -0.2) is 9.97 Å².